The van der Waals surface area contributed by atoms with E-state index in [1.54, 1.807) is 0 Å². The number of ether oxygens (including phenoxy) is 2. The van der Waals surface area contributed by atoms with Crippen molar-refractivity contribution < 1.29 is 18.3 Å². The third kappa shape index (κ3) is 2.35. The second-order valence-corrected chi connectivity index (χ2v) is 4.07. The molecule has 2 rings (SSSR count). The predicted molar refractivity (Wildman–Crippen MR) is 53.3 cm³/mol. The smallest absolute Gasteiger partial charge is 0.184 e. The Balaban J connectivity index is 2.30. The molecule has 15 heavy (non-hydrogen) atoms. The Hall–Kier alpha value is -0.520. The highest BCUT2D eigenvalue weighted by Crippen LogP contribution is 2.30. The van der Waals surface area contributed by atoms with Crippen LogP contribution in [0.2, 0.25) is 0 Å². The molecule has 1 saturated heterocycles. The summed E-state index contributed by atoms with van der Waals surface area (Å²) in [4.78, 5) is 0. The van der Waals surface area contributed by atoms with E-state index < -0.39 is 17.9 Å². The van der Waals surface area contributed by atoms with Gasteiger partial charge in [0.25, 0.3) is 0 Å². The number of hydrogen-bond acceptors (Lipinski definition) is 2. The first-order valence-corrected chi connectivity index (χ1v) is 5.35. The zero-order valence-electron chi connectivity index (χ0n) is 7.80. The van der Waals surface area contributed by atoms with Crippen molar-refractivity contribution in [2.45, 2.75) is 12.7 Å². The fraction of sp³-hybridized carbons (Fsp3) is 0.400. The molecule has 0 saturated carbocycles. The number of halogens is 3. The van der Waals surface area contributed by atoms with Gasteiger partial charge >= 0.3 is 0 Å². The molecule has 0 bridgehead atoms. The fourth-order valence-corrected chi connectivity index (χ4v) is 1.89. The highest BCUT2D eigenvalue weighted by atomic mass is 79.9. The first kappa shape index (κ1) is 11.0. The minimum atomic E-state index is -0.897. The summed E-state index contributed by atoms with van der Waals surface area (Å²) in [5, 5.41) is 0. The van der Waals surface area contributed by atoms with Gasteiger partial charge in [-0.25, -0.2) is 8.78 Å². The SMILES string of the molecule is Fc1cc(Br)c(C2OCCCO2)cc1F. The molecule has 1 aliphatic rings. The van der Waals surface area contributed by atoms with Crippen LogP contribution >= 0.6 is 15.9 Å². The Bertz CT molecular complexity index is 365. The monoisotopic (exact) mass is 278 g/mol. The Morgan fingerprint density at radius 2 is 1.73 bits per heavy atom. The first-order valence-electron chi connectivity index (χ1n) is 4.56. The van der Waals surface area contributed by atoms with Gasteiger partial charge in [0.1, 0.15) is 0 Å². The van der Waals surface area contributed by atoms with Crippen molar-refractivity contribution in [1.82, 2.24) is 0 Å². The lowest BCUT2D eigenvalue weighted by Gasteiger charge is -2.24. The summed E-state index contributed by atoms with van der Waals surface area (Å²) in [6.07, 6.45) is 0.209. The van der Waals surface area contributed by atoms with Gasteiger partial charge in [0.2, 0.25) is 0 Å². The molecule has 0 atom stereocenters. The minimum Gasteiger partial charge on any atom is -0.348 e. The molecule has 0 aliphatic carbocycles. The van der Waals surface area contributed by atoms with Crippen LogP contribution in [0.25, 0.3) is 0 Å². The molecule has 0 spiro atoms. The molecule has 5 heteroatoms. The van der Waals surface area contributed by atoms with Crippen LogP contribution in [0.5, 0.6) is 0 Å². The van der Waals surface area contributed by atoms with E-state index in [2.05, 4.69) is 15.9 Å². The van der Waals surface area contributed by atoms with Gasteiger partial charge in [-0.2, -0.15) is 0 Å². The van der Waals surface area contributed by atoms with Crippen molar-refractivity contribution in [3.8, 4) is 0 Å². The van der Waals surface area contributed by atoms with Gasteiger partial charge < -0.3 is 9.47 Å². The molecular formula is C10H9BrF2O2. The quantitative estimate of drug-likeness (QED) is 0.735. The highest BCUT2D eigenvalue weighted by Gasteiger charge is 2.21. The Morgan fingerprint density at radius 1 is 1.13 bits per heavy atom. The maximum absolute atomic E-state index is 13.0. The molecule has 0 aromatic heterocycles. The summed E-state index contributed by atoms with van der Waals surface area (Å²) in [7, 11) is 0. The van der Waals surface area contributed by atoms with Crippen LogP contribution < -0.4 is 0 Å². The summed E-state index contributed by atoms with van der Waals surface area (Å²) < 4.78 is 36.9. The van der Waals surface area contributed by atoms with Crippen LogP contribution in [0.1, 0.15) is 18.3 Å². The van der Waals surface area contributed by atoms with Crippen LogP contribution in [0.4, 0.5) is 8.78 Å². The third-order valence-electron chi connectivity index (χ3n) is 2.12. The van der Waals surface area contributed by atoms with Crippen LogP contribution in [0.15, 0.2) is 16.6 Å². The highest BCUT2D eigenvalue weighted by molar-refractivity contribution is 9.10. The predicted octanol–water partition coefficient (Wildman–Crippen LogP) is 3.16. The maximum Gasteiger partial charge on any atom is 0.184 e. The molecule has 1 fully saturated rings. The summed E-state index contributed by atoms with van der Waals surface area (Å²) in [5.74, 6) is -1.78. The largest absolute Gasteiger partial charge is 0.348 e. The summed E-state index contributed by atoms with van der Waals surface area (Å²) in [5.41, 5.74) is 0.480. The zero-order chi connectivity index (χ0) is 10.8. The van der Waals surface area contributed by atoms with Crippen molar-refractivity contribution in [3.05, 3.63) is 33.8 Å². The maximum atomic E-state index is 13.0. The molecule has 0 unspecified atom stereocenters. The van der Waals surface area contributed by atoms with Gasteiger partial charge in [0.05, 0.1) is 13.2 Å². The van der Waals surface area contributed by atoms with Crippen LogP contribution in [0, 0.1) is 11.6 Å². The van der Waals surface area contributed by atoms with Gasteiger partial charge in [-0.3, -0.25) is 0 Å². The molecule has 1 aromatic carbocycles. The van der Waals surface area contributed by atoms with Crippen LogP contribution in [-0.4, -0.2) is 13.2 Å². The van der Waals surface area contributed by atoms with Gasteiger partial charge in [-0.1, -0.05) is 15.9 Å². The Morgan fingerprint density at radius 3 is 2.40 bits per heavy atom. The Kier molecular flexibility index (Phi) is 3.33. The average molecular weight is 279 g/mol. The topological polar surface area (TPSA) is 18.5 Å². The van der Waals surface area contributed by atoms with Crippen LogP contribution in [-0.2, 0) is 9.47 Å². The number of rotatable bonds is 1. The van der Waals surface area contributed by atoms with E-state index in [1.807, 2.05) is 0 Å². The van der Waals surface area contributed by atoms with Gasteiger partial charge in [-0.05, 0) is 18.6 Å². The third-order valence-corrected chi connectivity index (χ3v) is 2.81. The lowest BCUT2D eigenvalue weighted by atomic mass is 10.2. The standard InChI is InChI=1S/C10H9BrF2O2/c11-7-5-9(13)8(12)4-6(7)10-14-2-1-3-15-10/h4-5,10H,1-3H2. The molecule has 0 radical (unpaired) electrons. The molecule has 0 N–H and O–H groups in total. The van der Waals surface area contributed by atoms with Crippen molar-refractivity contribution in [3.63, 3.8) is 0 Å². The van der Waals surface area contributed by atoms with Gasteiger partial charge in [-0.15, -0.1) is 0 Å². The van der Waals surface area contributed by atoms with Crippen molar-refractivity contribution in [1.29, 1.82) is 0 Å². The van der Waals surface area contributed by atoms with Gasteiger partial charge in [0, 0.05) is 10.0 Å². The number of benzene rings is 1. The van der Waals surface area contributed by atoms with Gasteiger partial charge in [0.15, 0.2) is 17.9 Å². The van der Waals surface area contributed by atoms with E-state index >= 15 is 0 Å². The summed E-state index contributed by atoms with van der Waals surface area (Å²) in [6.45, 7) is 1.13. The lowest BCUT2D eigenvalue weighted by molar-refractivity contribution is -0.183. The van der Waals surface area contributed by atoms with Crippen molar-refractivity contribution >= 4 is 15.9 Å². The molecule has 1 aliphatic heterocycles. The van der Waals surface area contributed by atoms with E-state index in [0.717, 1.165) is 18.6 Å². The molecule has 0 amide bonds. The molecule has 2 nitrogen and oxygen atoms in total. The van der Waals surface area contributed by atoms with Crippen LogP contribution in [0.3, 0.4) is 0 Å². The average Bonchev–Trinajstić information content (AvgIpc) is 2.25. The van der Waals surface area contributed by atoms with Crippen molar-refractivity contribution in [2.75, 3.05) is 13.2 Å². The first-order chi connectivity index (χ1) is 7.18. The van der Waals surface area contributed by atoms with E-state index in [0.29, 0.717) is 23.2 Å². The van der Waals surface area contributed by atoms with E-state index in [-0.39, 0.29) is 0 Å². The molecular weight excluding hydrogens is 270 g/mol. The summed E-state index contributed by atoms with van der Waals surface area (Å²) >= 11 is 3.15. The summed E-state index contributed by atoms with van der Waals surface area (Å²) in [6, 6.07) is 2.17. The molecule has 82 valence electrons. The Labute approximate surface area is 94.3 Å². The van der Waals surface area contributed by atoms with E-state index in [4.69, 9.17) is 9.47 Å². The van der Waals surface area contributed by atoms with Crippen molar-refractivity contribution in [2.24, 2.45) is 0 Å². The second-order valence-electron chi connectivity index (χ2n) is 3.21. The molecule has 1 heterocycles. The molecule has 1 aromatic rings. The normalized spacial score (nSPS) is 18.1. The minimum absolute atomic E-state index is 0.452. The second kappa shape index (κ2) is 4.55. The lowest BCUT2D eigenvalue weighted by Crippen LogP contribution is -2.18. The van der Waals surface area contributed by atoms with E-state index in [1.165, 1.54) is 0 Å². The zero-order valence-corrected chi connectivity index (χ0v) is 9.39. The van der Waals surface area contributed by atoms with E-state index in [9.17, 15) is 8.78 Å². The number of hydrogen-bond donors (Lipinski definition) is 0. The fourth-order valence-electron chi connectivity index (χ4n) is 1.39.